The number of fused-ring (bicyclic) bond motifs is 1. The van der Waals surface area contributed by atoms with Crippen LogP contribution in [0.2, 0.25) is 5.02 Å². The van der Waals surface area contributed by atoms with Crippen LogP contribution in [-0.2, 0) is 11.8 Å². The summed E-state index contributed by atoms with van der Waals surface area (Å²) in [6, 6.07) is 5.87. The van der Waals surface area contributed by atoms with Gasteiger partial charge in [-0.2, -0.15) is 0 Å². The molecule has 0 aliphatic rings. The Hall–Kier alpha value is -1.48. The van der Waals surface area contributed by atoms with Crippen LogP contribution in [-0.4, -0.2) is 18.0 Å². The number of rotatable bonds is 1. The highest BCUT2D eigenvalue weighted by atomic mass is 35.5. The predicted molar refractivity (Wildman–Crippen MR) is 77.6 cm³/mol. The summed E-state index contributed by atoms with van der Waals surface area (Å²) in [5.41, 5.74) is 1.12. The summed E-state index contributed by atoms with van der Waals surface area (Å²) in [6.45, 7) is 5.44. The van der Waals surface area contributed by atoms with Gasteiger partial charge in [-0.3, -0.25) is 0 Å². The van der Waals surface area contributed by atoms with E-state index in [1.165, 1.54) is 6.92 Å². The third kappa shape index (κ3) is 3.77. The van der Waals surface area contributed by atoms with Crippen molar-refractivity contribution in [3.63, 3.8) is 0 Å². The number of hydrogen-bond acceptors (Lipinski definition) is 2. The van der Waals surface area contributed by atoms with Crippen LogP contribution in [0.3, 0.4) is 0 Å². The second-order valence-corrected chi connectivity index (χ2v) is 3.55. The topological polar surface area (TPSA) is 31.2 Å². The van der Waals surface area contributed by atoms with E-state index in [2.05, 4.69) is 0 Å². The number of hydrogen-bond donors (Lipinski definition) is 0. The first-order valence-electron chi connectivity index (χ1n) is 5.83. The largest absolute Gasteiger partial charge is 0.495 e. The molecule has 100 valence electrons. The van der Waals surface area contributed by atoms with Crippen molar-refractivity contribution in [1.82, 2.24) is 4.57 Å². The summed E-state index contributed by atoms with van der Waals surface area (Å²) in [4.78, 5) is 8.81. The van der Waals surface area contributed by atoms with Crippen LogP contribution < -0.4 is 4.74 Å². The molecule has 2 aromatic rings. The Labute approximate surface area is 113 Å². The number of nitrogens with zero attached hydrogens (tertiary/aromatic N) is 1. The Morgan fingerprint density at radius 3 is 2.33 bits per heavy atom. The number of aldehydes is 1. The van der Waals surface area contributed by atoms with Gasteiger partial charge < -0.3 is 14.1 Å². The van der Waals surface area contributed by atoms with E-state index in [1.54, 1.807) is 7.11 Å². The molecule has 1 aromatic heterocycles. The van der Waals surface area contributed by atoms with E-state index < -0.39 is 0 Å². The van der Waals surface area contributed by atoms with Crippen molar-refractivity contribution < 1.29 is 9.53 Å². The number of carbonyl (C=O) groups is 1. The molecule has 0 radical (unpaired) electrons. The lowest BCUT2D eigenvalue weighted by molar-refractivity contribution is -0.106. The Morgan fingerprint density at radius 2 is 1.83 bits per heavy atom. The summed E-state index contributed by atoms with van der Waals surface area (Å²) < 4.78 is 7.15. The predicted octanol–water partition coefficient (Wildman–Crippen LogP) is 4.07. The van der Waals surface area contributed by atoms with Gasteiger partial charge in [0.25, 0.3) is 0 Å². The van der Waals surface area contributed by atoms with Crippen LogP contribution in [0.5, 0.6) is 5.75 Å². The minimum absolute atomic E-state index is 0.681. The van der Waals surface area contributed by atoms with Crippen molar-refractivity contribution in [2.75, 3.05) is 7.11 Å². The molecule has 18 heavy (non-hydrogen) atoms. The Balaban J connectivity index is 0.000000509. The van der Waals surface area contributed by atoms with Crippen molar-refractivity contribution in [2.45, 2.75) is 20.8 Å². The molecule has 0 atom stereocenters. The van der Waals surface area contributed by atoms with Crippen LogP contribution >= 0.6 is 11.6 Å². The number of ether oxygens (including phenoxy) is 1. The maximum atomic E-state index is 8.81. The molecule has 1 heterocycles. The van der Waals surface area contributed by atoms with E-state index in [-0.39, 0.29) is 0 Å². The molecule has 1 aromatic carbocycles. The maximum absolute atomic E-state index is 8.81. The lowest BCUT2D eigenvalue weighted by Crippen LogP contribution is -1.86. The first-order valence-corrected chi connectivity index (χ1v) is 6.20. The SMILES string of the molecule is CC.CC=O.COc1ccc2c(ccn2C)c1Cl. The fraction of sp³-hybridized carbons (Fsp3) is 0.357. The maximum Gasteiger partial charge on any atom is 0.138 e. The quantitative estimate of drug-likeness (QED) is 0.731. The van der Waals surface area contributed by atoms with Crippen LogP contribution in [0.25, 0.3) is 10.9 Å². The monoisotopic (exact) mass is 269 g/mol. The van der Waals surface area contributed by atoms with Crippen molar-refractivity contribution in [3.8, 4) is 5.75 Å². The zero-order valence-corrected chi connectivity index (χ0v) is 12.3. The van der Waals surface area contributed by atoms with Crippen molar-refractivity contribution >= 4 is 28.8 Å². The smallest absolute Gasteiger partial charge is 0.138 e. The number of aromatic nitrogens is 1. The second kappa shape index (κ2) is 8.59. The highest BCUT2D eigenvalue weighted by Gasteiger charge is 2.07. The normalized spacial score (nSPS) is 8.78. The van der Waals surface area contributed by atoms with Gasteiger partial charge in [0.15, 0.2) is 0 Å². The molecule has 0 fully saturated rings. The van der Waals surface area contributed by atoms with E-state index in [9.17, 15) is 0 Å². The minimum Gasteiger partial charge on any atom is -0.495 e. The molecule has 3 nitrogen and oxygen atoms in total. The molecule has 0 aliphatic heterocycles. The second-order valence-electron chi connectivity index (χ2n) is 3.18. The van der Waals surface area contributed by atoms with Crippen molar-refractivity contribution in [2.24, 2.45) is 7.05 Å². The molecule has 4 heteroatoms. The summed E-state index contributed by atoms with van der Waals surface area (Å²) in [5.74, 6) is 0.723. The summed E-state index contributed by atoms with van der Waals surface area (Å²) in [5, 5.41) is 1.71. The van der Waals surface area contributed by atoms with Crippen LogP contribution in [0.4, 0.5) is 0 Å². The number of benzene rings is 1. The number of methoxy groups -OCH3 is 1. The minimum atomic E-state index is 0.681. The molecule has 0 bridgehead atoms. The van der Waals surface area contributed by atoms with Crippen LogP contribution in [0.1, 0.15) is 20.8 Å². The highest BCUT2D eigenvalue weighted by Crippen LogP contribution is 2.32. The molecule has 0 N–H and O–H groups in total. The zero-order chi connectivity index (χ0) is 14.1. The lowest BCUT2D eigenvalue weighted by atomic mass is 10.2. The molecule has 0 unspecified atom stereocenters. The van der Waals surface area contributed by atoms with E-state index in [0.29, 0.717) is 5.02 Å². The van der Waals surface area contributed by atoms with E-state index in [4.69, 9.17) is 21.1 Å². The van der Waals surface area contributed by atoms with E-state index >= 15 is 0 Å². The molecule has 0 saturated carbocycles. The average molecular weight is 270 g/mol. The van der Waals surface area contributed by atoms with Gasteiger partial charge in [0, 0.05) is 24.1 Å². The molecular weight excluding hydrogens is 250 g/mol. The van der Waals surface area contributed by atoms with Gasteiger partial charge in [0.1, 0.15) is 12.0 Å². The van der Waals surface area contributed by atoms with E-state index in [1.807, 2.05) is 49.9 Å². The van der Waals surface area contributed by atoms with Gasteiger partial charge in [0.05, 0.1) is 12.1 Å². The third-order valence-electron chi connectivity index (χ3n) is 2.19. The number of halogens is 1. The van der Waals surface area contributed by atoms with Gasteiger partial charge in [-0.15, -0.1) is 0 Å². The summed E-state index contributed by atoms with van der Waals surface area (Å²) in [7, 11) is 3.61. The van der Waals surface area contributed by atoms with Crippen LogP contribution in [0, 0.1) is 0 Å². The fourth-order valence-corrected chi connectivity index (χ4v) is 1.75. The van der Waals surface area contributed by atoms with Crippen molar-refractivity contribution in [1.29, 1.82) is 0 Å². The Morgan fingerprint density at radius 1 is 1.28 bits per heavy atom. The first kappa shape index (κ1) is 16.5. The molecular formula is C14H20ClNO2. The molecule has 2 rings (SSSR count). The Kier molecular flexibility index (Phi) is 7.88. The number of aryl methyl sites for hydroxylation is 1. The molecule has 0 amide bonds. The zero-order valence-electron chi connectivity index (χ0n) is 11.5. The average Bonchev–Trinajstić information content (AvgIpc) is 2.76. The van der Waals surface area contributed by atoms with Gasteiger partial charge >= 0.3 is 0 Å². The molecule has 0 aliphatic carbocycles. The van der Waals surface area contributed by atoms with Gasteiger partial charge in [0.2, 0.25) is 0 Å². The van der Waals surface area contributed by atoms with Gasteiger partial charge in [-0.25, -0.2) is 0 Å². The fourth-order valence-electron chi connectivity index (χ4n) is 1.45. The molecule has 0 spiro atoms. The summed E-state index contributed by atoms with van der Waals surface area (Å²) >= 11 is 6.12. The highest BCUT2D eigenvalue weighted by molar-refractivity contribution is 6.36. The summed E-state index contributed by atoms with van der Waals surface area (Å²) in [6.07, 6.45) is 2.73. The van der Waals surface area contributed by atoms with Crippen molar-refractivity contribution in [3.05, 3.63) is 29.4 Å². The van der Waals surface area contributed by atoms with E-state index in [0.717, 1.165) is 22.9 Å². The molecule has 0 saturated heterocycles. The van der Waals surface area contributed by atoms with Gasteiger partial charge in [-0.05, 0) is 25.1 Å². The van der Waals surface area contributed by atoms with Crippen LogP contribution in [0.15, 0.2) is 24.4 Å². The number of carbonyl (C=O) groups excluding carboxylic acids is 1. The third-order valence-corrected chi connectivity index (χ3v) is 2.58. The lowest BCUT2D eigenvalue weighted by Gasteiger charge is -2.03. The Bertz CT molecular complexity index is 492. The first-order chi connectivity index (χ1) is 8.65. The standard InChI is InChI=1S/C10H10ClNO.C2H4O.C2H6/c1-12-6-5-7-8(12)3-4-9(13-2)10(7)11;1-2-3;1-2/h3-6H,1-2H3;2H,1H3;1-2H3. The van der Waals surface area contributed by atoms with Gasteiger partial charge in [-0.1, -0.05) is 25.4 Å².